The van der Waals surface area contributed by atoms with E-state index in [-0.39, 0.29) is 5.75 Å². The number of halogens is 1. The highest BCUT2D eigenvalue weighted by molar-refractivity contribution is 7.90. The van der Waals surface area contributed by atoms with Crippen molar-refractivity contribution in [3.8, 4) is 0 Å². The Morgan fingerprint density at radius 3 is 2.29 bits per heavy atom. The lowest BCUT2D eigenvalue weighted by atomic mass is 10.1. The van der Waals surface area contributed by atoms with Gasteiger partial charge >= 0.3 is 0 Å². The molecule has 0 saturated heterocycles. The summed E-state index contributed by atoms with van der Waals surface area (Å²) in [5, 5.41) is 0.705. The van der Waals surface area contributed by atoms with Crippen molar-refractivity contribution in [1.29, 1.82) is 0 Å². The third kappa shape index (κ3) is 4.63. The summed E-state index contributed by atoms with van der Waals surface area (Å²) in [4.78, 5) is 0. The molecular weight excluding hydrogens is 220 g/mol. The van der Waals surface area contributed by atoms with Gasteiger partial charge in [0.15, 0.2) is 0 Å². The van der Waals surface area contributed by atoms with Crippen LogP contribution < -0.4 is 0 Å². The maximum Gasteiger partial charge on any atom is 0.147 e. The van der Waals surface area contributed by atoms with Crippen LogP contribution in [0, 0.1) is 0 Å². The molecule has 0 saturated carbocycles. The first-order chi connectivity index (χ1) is 6.47. The minimum absolute atomic E-state index is 0.246. The van der Waals surface area contributed by atoms with Crippen molar-refractivity contribution in [3.05, 3.63) is 34.9 Å². The van der Waals surface area contributed by atoms with Crippen LogP contribution in [0.2, 0.25) is 5.02 Å². The summed E-state index contributed by atoms with van der Waals surface area (Å²) in [5.41, 5.74) is 1.12. The normalized spacial score (nSPS) is 11.6. The second-order valence-corrected chi connectivity index (χ2v) is 6.06. The van der Waals surface area contributed by atoms with Gasteiger partial charge < -0.3 is 0 Å². The van der Waals surface area contributed by atoms with E-state index in [1.165, 1.54) is 6.26 Å². The molecule has 0 aliphatic heterocycles. The van der Waals surface area contributed by atoms with Crippen LogP contribution in [0.3, 0.4) is 0 Å². The summed E-state index contributed by atoms with van der Waals surface area (Å²) >= 11 is 5.72. The molecule has 0 aliphatic rings. The molecule has 1 rings (SSSR count). The summed E-state index contributed by atoms with van der Waals surface area (Å²) in [7, 11) is -2.83. The molecule has 0 N–H and O–H groups in total. The summed E-state index contributed by atoms with van der Waals surface area (Å²) < 4.78 is 21.7. The highest BCUT2D eigenvalue weighted by atomic mass is 35.5. The molecule has 0 aliphatic carbocycles. The molecule has 0 aromatic heterocycles. The first kappa shape index (κ1) is 11.5. The highest BCUT2D eigenvalue weighted by Gasteiger charge is 2.01. The van der Waals surface area contributed by atoms with E-state index in [0.29, 0.717) is 11.4 Å². The zero-order chi connectivity index (χ0) is 10.6. The van der Waals surface area contributed by atoms with Crippen molar-refractivity contribution in [1.82, 2.24) is 0 Å². The Kier molecular flexibility index (Phi) is 3.96. The Balaban J connectivity index is 2.43. The molecule has 0 fully saturated rings. The number of aryl methyl sites for hydroxylation is 1. The Morgan fingerprint density at radius 2 is 1.79 bits per heavy atom. The molecule has 2 nitrogen and oxygen atoms in total. The van der Waals surface area contributed by atoms with Gasteiger partial charge in [0.1, 0.15) is 9.84 Å². The Hall–Kier alpha value is -0.540. The quantitative estimate of drug-likeness (QED) is 0.799. The van der Waals surface area contributed by atoms with Crippen LogP contribution >= 0.6 is 11.6 Å². The predicted molar refractivity (Wildman–Crippen MR) is 59.5 cm³/mol. The molecule has 0 unspecified atom stereocenters. The van der Waals surface area contributed by atoms with Crippen molar-refractivity contribution in [3.63, 3.8) is 0 Å². The van der Waals surface area contributed by atoms with Crippen molar-refractivity contribution in [2.24, 2.45) is 0 Å². The van der Waals surface area contributed by atoms with Crippen LogP contribution in [-0.4, -0.2) is 20.4 Å². The maximum atomic E-state index is 10.9. The first-order valence-electron chi connectivity index (χ1n) is 4.39. The second kappa shape index (κ2) is 4.80. The summed E-state index contributed by atoms with van der Waals surface area (Å²) in [6.45, 7) is 0. The molecule has 0 heterocycles. The van der Waals surface area contributed by atoms with Crippen molar-refractivity contribution < 1.29 is 8.42 Å². The maximum absolute atomic E-state index is 10.9. The number of sulfone groups is 1. The van der Waals surface area contributed by atoms with Gasteiger partial charge in [-0.2, -0.15) is 0 Å². The summed E-state index contributed by atoms with van der Waals surface area (Å²) in [6, 6.07) is 7.48. The smallest absolute Gasteiger partial charge is 0.147 e. The third-order valence-electron chi connectivity index (χ3n) is 1.89. The van der Waals surface area contributed by atoms with Gasteiger partial charge in [0.2, 0.25) is 0 Å². The average Bonchev–Trinajstić information content (AvgIpc) is 2.06. The average molecular weight is 233 g/mol. The van der Waals surface area contributed by atoms with Crippen LogP contribution in [-0.2, 0) is 16.3 Å². The largest absolute Gasteiger partial charge is 0.229 e. The fourth-order valence-corrected chi connectivity index (χ4v) is 1.98. The SMILES string of the molecule is CS(=O)(=O)CCCc1ccc(Cl)cc1. The van der Waals surface area contributed by atoms with Crippen molar-refractivity contribution in [2.75, 3.05) is 12.0 Å². The molecule has 1 aromatic carbocycles. The fraction of sp³-hybridized carbons (Fsp3) is 0.400. The lowest BCUT2D eigenvalue weighted by molar-refractivity contribution is 0.599. The van der Waals surface area contributed by atoms with E-state index in [1.54, 1.807) is 0 Å². The van der Waals surface area contributed by atoms with E-state index in [0.717, 1.165) is 12.0 Å². The van der Waals surface area contributed by atoms with Gasteiger partial charge in [-0.25, -0.2) is 8.42 Å². The van der Waals surface area contributed by atoms with Crippen LogP contribution in [0.1, 0.15) is 12.0 Å². The van der Waals surface area contributed by atoms with Gasteiger partial charge in [-0.15, -0.1) is 0 Å². The second-order valence-electron chi connectivity index (χ2n) is 3.36. The predicted octanol–water partition coefficient (Wildman–Crippen LogP) is 2.32. The van der Waals surface area contributed by atoms with Gasteiger partial charge in [-0.1, -0.05) is 23.7 Å². The molecule has 0 atom stereocenters. The number of benzene rings is 1. The van der Waals surface area contributed by atoms with E-state index in [9.17, 15) is 8.42 Å². The monoisotopic (exact) mass is 232 g/mol. The fourth-order valence-electron chi connectivity index (χ4n) is 1.19. The summed E-state index contributed by atoms with van der Waals surface area (Å²) in [6.07, 6.45) is 2.71. The lowest BCUT2D eigenvalue weighted by Gasteiger charge is -2.00. The molecule has 0 spiro atoms. The molecular formula is C10H13ClO2S. The van der Waals surface area contributed by atoms with Gasteiger partial charge in [-0.05, 0) is 30.5 Å². The zero-order valence-electron chi connectivity index (χ0n) is 8.03. The number of rotatable bonds is 4. The van der Waals surface area contributed by atoms with Crippen molar-refractivity contribution in [2.45, 2.75) is 12.8 Å². The molecule has 0 amide bonds. The topological polar surface area (TPSA) is 34.1 Å². The highest BCUT2D eigenvalue weighted by Crippen LogP contribution is 2.11. The molecule has 4 heteroatoms. The third-order valence-corrected chi connectivity index (χ3v) is 3.18. The van der Waals surface area contributed by atoms with Crippen LogP contribution in [0.15, 0.2) is 24.3 Å². The van der Waals surface area contributed by atoms with E-state index < -0.39 is 9.84 Å². The van der Waals surface area contributed by atoms with Crippen LogP contribution in [0.4, 0.5) is 0 Å². The zero-order valence-corrected chi connectivity index (χ0v) is 9.61. The van der Waals surface area contributed by atoms with Crippen LogP contribution in [0.25, 0.3) is 0 Å². The summed E-state index contributed by atoms with van der Waals surface area (Å²) in [5.74, 6) is 0.246. The minimum Gasteiger partial charge on any atom is -0.229 e. The van der Waals surface area contributed by atoms with Crippen LogP contribution in [0.5, 0.6) is 0 Å². The molecule has 0 radical (unpaired) electrons. The Bertz CT molecular complexity index is 381. The van der Waals surface area contributed by atoms with Crippen molar-refractivity contribution >= 4 is 21.4 Å². The minimum atomic E-state index is -2.83. The Labute approximate surface area is 89.8 Å². The first-order valence-corrected chi connectivity index (χ1v) is 6.83. The van der Waals surface area contributed by atoms with Gasteiger partial charge in [-0.3, -0.25) is 0 Å². The number of hydrogen-bond donors (Lipinski definition) is 0. The van der Waals surface area contributed by atoms with E-state index >= 15 is 0 Å². The van der Waals surface area contributed by atoms with E-state index in [4.69, 9.17) is 11.6 Å². The molecule has 1 aromatic rings. The molecule has 0 bridgehead atoms. The van der Waals surface area contributed by atoms with Gasteiger partial charge in [0.25, 0.3) is 0 Å². The van der Waals surface area contributed by atoms with Gasteiger partial charge in [0, 0.05) is 11.3 Å². The Morgan fingerprint density at radius 1 is 1.21 bits per heavy atom. The molecule has 78 valence electrons. The standard InChI is InChI=1S/C10H13ClO2S/c1-14(12,13)8-2-3-9-4-6-10(11)7-5-9/h4-7H,2-3,8H2,1H3. The van der Waals surface area contributed by atoms with Gasteiger partial charge in [0.05, 0.1) is 5.75 Å². The van der Waals surface area contributed by atoms with E-state index in [2.05, 4.69) is 0 Å². The lowest BCUT2D eigenvalue weighted by Crippen LogP contribution is -2.03. The van der Waals surface area contributed by atoms with E-state index in [1.807, 2.05) is 24.3 Å². The number of hydrogen-bond acceptors (Lipinski definition) is 2. The molecule has 14 heavy (non-hydrogen) atoms.